The van der Waals surface area contributed by atoms with Crippen LogP contribution in [0.5, 0.6) is 0 Å². The highest BCUT2D eigenvalue weighted by atomic mass is 32.2. The minimum atomic E-state index is -3.80. The largest absolute Gasteiger partial charge is 0.322 e. The molecule has 0 aliphatic carbocycles. The Labute approximate surface area is 207 Å². The van der Waals surface area contributed by atoms with Gasteiger partial charge in [-0.3, -0.25) is 9.10 Å². The normalized spacial score (nSPS) is 11.9. The number of carbonyl (C=O) groups excluding carboxylic acids is 1. The minimum Gasteiger partial charge on any atom is -0.322 e. The van der Waals surface area contributed by atoms with Gasteiger partial charge in [0.05, 0.1) is 15.5 Å². The fourth-order valence-corrected chi connectivity index (χ4v) is 6.48. The second kappa shape index (κ2) is 10.6. The van der Waals surface area contributed by atoms with Crippen LogP contribution in [0.4, 0.5) is 11.4 Å². The lowest BCUT2D eigenvalue weighted by atomic mass is 10.2. The summed E-state index contributed by atoms with van der Waals surface area (Å²) in [5.74, 6) is -0.486. The lowest BCUT2D eigenvalue weighted by molar-refractivity contribution is 0.102. The first-order valence-corrected chi connectivity index (χ1v) is 14.0. The fourth-order valence-electron chi connectivity index (χ4n) is 3.57. The van der Waals surface area contributed by atoms with Gasteiger partial charge in [0.2, 0.25) is 10.0 Å². The molecule has 3 aromatic rings. The Morgan fingerprint density at radius 2 is 1.43 bits per heavy atom. The molecule has 3 rings (SSSR count). The number of carbonyl (C=O) groups is 1. The highest BCUT2D eigenvalue weighted by molar-refractivity contribution is 7.92. The highest BCUT2D eigenvalue weighted by Crippen LogP contribution is 2.25. The first-order valence-electron chi connectivity index (χ1n) is 11.1. The molecule has 0 aliphatic heterocycles. The van der Waals surface area contributed by atoms with Crippen molar-refractivity contribution in [2.75, 3.05) is 29.8 Å². The number of sulfonamides is 2. The summed E-state index contributed by atoms with van der Waals surface area (Å²) in [6.45, 7) is 5.91. The van der Waals surface area contributed by atoms with Crippen LogP contribution in [0.1, 0.15) is 29.8 Å². The number of hydrogen-bond donors (Lipinski definition) is 1. The second-order valence-corrected chi connectivity index (χ2v) is 11.7. The predicted octanol–water partition coefficient (Wildman–Crippen LogP) is 4.10. The van der Waals surface area contributed by atoms with E-state index in [-0.39, 0.29) is 15.4 Å². The Kier molecular flexibility index (Phi) is 7.99. The molecule has 1 N–H and O–H groups in total. The minimum absolute atomic E-state index is 0.0448. The maximum atomic E-state index is 13.0. The number of benzene rings is 3. The van der Waals surface area contributed by atoms with Crippen molar-refractivity contribution in [1.29, 1.82) is 0 Å². The van der Waals surface area contributed by atoms with Crippen LogP contribution in [0.25, 0.3) is 0 Å². The molecule has 0 bridgehead atoms. The van der Waals surface area contributed by atoms with Gasteiger partial charge in [-0.2, -0.15) is 4.31 Å². The van der Waals surface area contributed by atoms with Gasteiger partial charge in [-0.1, -0.05) is 38.1 Å². The third kappa shape index (κ3) is 5.55. The van der Waals surface area contributed by atoms with Crippen LogP contribution in [-0.4, -0.2) is 47.2 Å². The topological polar surface area (TPSA) is 104 Å². The van der Waals surface area contributed by atoms with Gasteiger partial charge in [-0.25, -0.2) is 16.8 Å². The average molecular weight is 516 g/mol. The van der Waals surface area contributed by atoms with E-state index in [0.29, 0.717) is 30.0 Å². The van der Waals surface area contributed by atoms with E-state index in [0.717, 1.165) is 0 Å². The third-order valence-electron chi connectivity index (χ3n) is 5.66. The Morgan fingerprint density at radius 1 is 0.829 bits per heavy atom. The summed E-state index contributed by atoms with van der Waals surface area (Å²) in [4.78, 5) is 13.0. The monoisotopic (exact) mass is 515 g/mol. The molecule has 10 heteroatoms. The third-order valence-corrected chi connectivity index (χ3v) is 9.66. The molecule has 0 unspecified atom stereocenters. The summed E-state index contributed by atoms with van der Waals surface area (Å²) < 4.78 is 54.3. The van der Waals surface area contributed by atoms with Crippen molar-refractivity contribution in [3.8, 4) is 0 Å². The first-order chi connectivity index (χ1) is 16.5. The van der Waals surface area contributed by atoms with Crippen LogP contribution >= 0.6 is 0 Å². The summed E-state index contributed by atoms with van der Waals surface area (Å²) in [6, 6.07) is 19.0. The van der Waals surface area contributed by atoms with Crippen LogP contribution in [0.15, 0.2) is 82.6 Å². The van der Waals surface area contributed by atoms with E-state index in [1.807, 2.05) is 0 Å². The van der Waals surface area contributed by atoms with E-state index in [9.17, 15) is 21.6 Å². The lowest BCUT2D eigenvalue weighted by Gasteiger charge is -2.20. The Balaban J connectivity index is 1.82. The van der Waals surface area contributed by atoms with Crippen LogP contribution in [0.3, 0.4) is 0 Å². The zero-order valence-electron chi connectivity index (χ0n) is 20.1. The number of aryl methyl sites for hydroxylation is 1. The van der Waals surface area contributed by atoms with Crippen molar-refractivity contribution in [2.45, 2.75) is 30.6 Å². The SMILES string of the molecule is CCN(CC)S(=O)(=O)c1cc(NC(=O)c2ccc(S(=O)(=O)N(C)c3ccccc3)cc2)ccc1C. The molecule has 0 heterocycles. The molecule has 0 fully saturated rings. The van der Waals surface area contributed by atoms with Gasteiger partial charge in [0.1, 0.15) is 0 Å². The van der Waals surface area contributed by atoms with Gasteiger partial charge in [0.25, 0.3) is 15.9 Å². The van der Waals surface area contributed by atoms with Gasteiger partial charge in [-0.15, -0.1) is 0 Å². The molecule has 0 atom stereocenters. The molecule has 0 aromatic heterocycles. The van der Waals surface area contributed by atoms with Crippen molar-refractivity contribution in [3.05, 3.63) is 83.9 Å². The van der Waals surface area contributed by atoms with Crippen LogP contribution in [0.2, 0.25) is 0 Å². The molecule has 186 valence electrons. The molecule has 3 aromatic carbocycles. The number of nitrogens with one attached hydrogen (secondary N) is 1. The number of rotatable bonds is 9. The molecule has 0 saturated heterocycles. The number of amides is 1. The van der Waals surface area contributed by atoms with Gasteiger partial charge >= 0.3 is 0 Å². The molecule has 35 heavy (non-hydrogen) atoms. The van der Waals surface area contributed by atoms with Crippen LogP contribution < -0.4 is 9.62 Å². The van der Waals surface area contributed by atoms with Crippen LogP contribution in [-0.2, 0) is 20.0 Å². The summed E-state index contributed by atoms with van der Waals surface area (Å²) >= 11 is 0. The quantitative estimate of drug-likeness (QED) is 0.462. The highest BCUT2D eigenvalue weighted by Gasteiger charge is 2.25. The van der Waals surface area contributed by atoms with E-state index >= 15 is 0 Å². The van der Waals surface area contributed by atoms with Gasteiger partial charge in [0.15, 0.2) is 0 Å². The number of para-hydroxylation sites is 1. The Hall–Kier alpha value is -3.21. The van der Waals surface area contributed by atoms with Crippen molar-refractivity contribution < 1.29 is 21.6 Å². The predicted molar refractivity (Wildman–Crippen MR) is 138 cm³/mol. The second-order valence-electron chi connectivity index (χ2n) is 7.86. The standard InChI is InChI=1S/C25H29N3O5S2/c1-5-28(6-2)35(32,33)24-18-21(15-12-19(24)3)26-25(29)20-13-16-23(17-14-20)34(30,31)27(4)22-10-8-7-9-11-22/h7-18H,5-6H2,1-4H3,(H,26,29). The summed E-state index contributed by atoms with van der Waals surface area (Å²) in [6.07, 6.45) is 0. The maximum Gasteiger partial charge on any atom is 0.264 e. The van der Waals surface area contributed by atoms with E-state index in [1.54, 1.807) is 63.2 Å². The number of nitrogens with zero attached hydrogens (tertiary/aromatic N) is 2. The zero-order chi connectivity index (χ0) is 25.8. The van der Waals surface area contributed by atoms with E-state index in [4.69, 9.17) is 0 Å². The fraction of sp³-hybridized carbons (Fsp3) is 0.240. The Morgan fingerprint density at radius 3 is 2.00 bits per heavy atom. The van der Waals surface area contributed by atoms with Crippen LogP contribution in [0, 0.1) is 6.92 Å². The van der Waals surface area contributed by atoms with E-state index in [1.165, 1.54) is 46.0 Å². The van der Waals surface area contributed by atoms with Crippen molar-refractivity contribution in [3.63, 3.8) is 0 Å². The molecular formula is C25H29N3O5S2. The van der Waals surface area contributed by atoms with Crippen molar-refractivity contribution in [1.82, 2.24) is 4.31 Å². The van der Waals surface area contributed by atoms with Crippen molar-refractivity contribution in [2.24, 2.45) is 0 Å². The molecule has 8 nitrogen and oxygen atoms in total. The Bertz CT molecular complexity index is 1400. The molecular weight excluding hydrogens is 486 g/mol. The zero-order valence-corrected chi connectivity index (χ0v) is 21.7. The summed E-state index contributed by atoms with van der Waals surface area (Å²) in [7, 11) is -6.04. The van der Waals surface area contributed by atoms with Gasteiger partial charge in [-0.05, 0) is 61.0 Å². The smallest absolute Gasteiger partial charge is 0.264 e. The van der Waals surface area contributed by atoms with E-state index in [2.05, 4.69) is 5.32 Å². The maximum absolute atomic E-state index is 13.0. The average Bonchev–Trinajstić information content (AvgIpc) is 2.85. The van der Waals surface area contributed by atoms with E-state index < -0.39 is 26.0 Å². The molecule has 0 radical (unpaired) electrons. The summed E-state index contributed by atoms with van der Waals surface area (Å²) in [5, 5.41) is 2.70. The molecule has 0 aliphatic rings. The lowest BCUT2D eigenvalue weighted by Crippen LogP contribution is -2.31. The van der Waals surface area contributed by atoms with Crippen molar-refractivity contribution >= 4 is 37.3 Å². The number of hydrogen-bond acceptors (Lipinski definition) is 5. The molecule has 0 saturated carbocycles. The first kappa shape index (κ1) is 26.4. The van der Waals surface area contributed by atoms with Gasteiger partial charge in [0, 0.05) is 31.4 Å². The number of anilines is 2. The summed E-state index contributed by atoms with van der Waals surface area (Å²) in [5.41, 5.74) is 1.66. The molecule has 1 amide bonds. The molecule has 0 spiro atoms. The van der Waals surface area contributed by atoms with Gasteiger partial charge < -0.3 is 5.32 Å².